The molecule has 0 aromatic heterocycles. The molecule has 0 heterocycles. The molecule has 0 amide bonds. The molecule has 0 saturated carbocycles. The molecule has 21 heavy (non-hydrogen) atoms. The Labute approximate surface area is 127 Å². The first kappa shape index (κ1) is 15.4. The molecular formula is C16H15ClO4. The van der Waals surface area contributed by atoms with E-state index in [2.05, 4.69) is 0 Å². The topological polar surface area (TPSA) is 55.8 Å². The SMILES string of the molecule is COc1cc(C=O)cc(Cl)c1OCC(O)c1ccccc1. The summed E-state index contributed by atoms with van der Waals surface area (Å²) in [5.74, 6) is 0.657. The van der Waals surface area contributed by atoms with E-state index in [9.17, 15) is 9.90 Å². The third-order valence-electron chi connectivity index (χ3n) is 2.96. The van der Waals surface area contributed by atoms with Crippen molar-refractivity contribution in [2.24, 2.45) is 0 Å². The number of rotatable bonds is 6. The van der Waals surface area contributed by atoms with Crippen LogP contribution in [0.25, 0.3) is 0 Å². The number of aliphatic hydroxyl groups is 1. The van der Waals surface area contributed by atoms with E-state index >= 15 is 0 Å². The van der Waals surface area contributed by atoms with E-state index in [-0.39, 0.29) is 11.6 Å². The van der Waals surface area contributed by atoms with Crippen LogP contribution in [0.5, 0.6) is 11.5 Å². The maximum atomic E-state index is 10.8. The van der Waals surface area contributed by atoms with Gasteiger partial charge in [0.25, 0.3) is 0 Å². The van der Waals surface area contributed by atoms with Crippen LogP contribution >= 0.6 is 11.6 Å². The summed E-state index contributed by atoms with van der Waals surface area (Å²) in [7, 11) is 1.46. The number of hydrogen-bond donors (Lipinski definition) is 1. The summed E-state index contributed by atoms with van der Waals surface area (Å²) in [5.41, 5.74) is 1.14. The second kappa shape index (κ2) is 7.11. The van der Waals surface area contributed by atoms with E-state index in [1.165, 1.54) is 19.2 Å². The van der Waals surface area contributed by atoms with Crippen molar-refractivity contribution >= 4 is 17.9 Å². The van der Waals surface area contributed by atoms with E-state index in [0.29, 0.717) is 23.3 Å². The Hall–Kier alpha value is -2.04. The van der Waals surface area contributed by atoms with Crippen LogP contribution in [0.2, 0.25) is 5.02 Å². The molecule has 110 valence electrons. The molecular weight excluding hydrogens is 292 g/mol. The van der Waals surface area contributed by atoms with Gasteiger partial charge in [-0.05, 0) is 17.7 Å². The minimum Gasteiger partial charge on any atom is -0.493 e. The molecule has 0 bridgehead atoms. The summed E-state index contributed by atoms with van der Waals surface area (Å²) >= 11 is 6.08. The van der Waals surface area contributed by atoms with Crippen LogP contribution in [-0.2, 0) is 0 Å². The lowest BCUT2D eigenvalue weighted by Gasteiger charge is -2.16. The van der Waals surface area contributed by atoms with Crippen molar-refractivity contribution in [3.05, 3.63) is 58.6 Å². The number of aldehydes is 1. The minimum atomic E-state index is -0.780. The first-order valence-corrected chi connectivity index (χ1v) is 6.72. The Morgan fingerprint density at radius 1 is 1.29 bits per heavy atom. The zero-order valence-corrected chi connectivity index (χ0v) is 12.2. The number of benzene rings is 2. The number of carbonyl (C=O) groups is 1. The number of ether oxygens (including phenoxy) is 2. The molecule has 2 aromatic rings. The van der Waals surface area contributed by atoms with Crippen LogP contribution in [0.15, 0.2) is 42.5 Å². The fourth-order valence-electron chi connectivity index (χ4n) is 1.88. The molecule has 0 aliphatic carbocycles. The zero-order chi connectivity index (χ0) is 15.2. The van der Waals surface area contributed by atoms with E-state index < -0.39 is 6.10 Å². The van der Waals surface area contributed by atoms with E-state index in [1.54, 1.807) is 0 Å². The predicted molar refractivity (Wildman–Crippen MR) is 80.3 cm³/mol. The monoisotopic (exact) mass is 306 g/mol. The normalized spacial score (nSPS) is 11.8. The lowest BCUT2D eigenvalue weighted by molar-refractivity contribution is 0.106. The van der Waals surface area contributed by atoms with Crippen LogP contribution < -0.4 is 9.47 Å². The number of halogens is 1. The Morgan fingerprint density at radius 3 is 2.62 bits per heavy atom. The van der Waals surface area contributed by atoms with Crippen LogP contribution in [0.3, 0.4) is 0 Å². The highest BCUT2D eigenvalue weighted by atomic mass is 35.5. The molecule has 2 aromatic carbocycles. The molecule has 0 fully saturated rings. The molecule has 0 aliphatic heterocycles. The summed E-state index contributed by atoms with van der Waals surface area (Å²) in [6.07, 6.45) is -0.102. The largest absolute Gasteiger partial charge is 0.493 e. The van der Waals surface area contributed by atoms with Gasteiger partial charge in [-0.2, -0.15) is 0 Å². The molecule has 0 saturated heterocycles. The molecule has 2 rings (SSSR count). The van der Waals surface area contributed by atoms with Crippen molar-refractivity contribution in [3.8, 4) is 11.5 Å². The Morgan fingerprint density at radius 2 is 2.00 bits per heavy atom. The fraction of sp³-hybridized carbons (Fsp3) is 0.188. The maximum Gasteiger partial charge on any atom is 0.179 e. The van der Waals surface area contributed by atoms with Gasteiger partial charge < -0.3 is 14.6 Å². The first-order valence-electron chi connectivity index (χ1n) is 6.34. The molecule has 0 aliphatic rings. The van der Waals surface area contributed by atoms with Gasteiger partial charge in [-0.3, -0.25) is 4.79 Å². The lowest BCUT2D eigenvalue weighted by atomic mass is 10.1. The van der Waals surface area contributed by atoms with E-state index in [0.717, 1.165) is 5.56 Å². The highest BCUT2D eigenvalue weighted by molar-refractivity contribution is 6.32. The van der Waals surface area contributed by atoms with Crippen LogP contribution in [0.1, 0.15) is 22.0 Å². The molecule has 0 radical (unpaired) electrons. The summed E-state index contributed by atoms with van der Waals surface area (Å²) < 4.78 is 10.7. The van der Waals surface area contributed by atoms with Crippen molar-refractivity contribution in [2.75, 3.05) is 13.7 Å². The minimum absolute atomic E-state index is 0.0283. The first-order chi connectivity index (χ1) is 10.2. The highest BCUT2D eigenvalue weighted by Crippen LogP contribution is 2.36. The van der Waals surface area contributed by atoms with Crippen molar-refractivity contribution in [2.45, 2.75) is 6.10 Å². The average Bonchev–Trinajstić information content (AvgIpc) is 2.53. The van der Waals surface area contributed by atoms with Gasteiger partial charge in [0.1, 0.15) is 19.0 Å². The van der Waals surface area contributed by atoms with Crippen LogP contribution in [0.4, 0.5) is 0 Å². The maximum absolute atomic E-state index is 10.8. The van der Waals surface area contributed by atoms with Crippen LogP contribution in [0, 0.1) is 0 Å². The summed E-state index contributed by atoms with van der Waals surface area (Å²) in [6, 6.07) is 12.2. The zero-order valence-electron chi connectivity index (χ0n) is 11.5. The summed E-state index contributed by atoms with van der Waals surface area (Å²) in [6.45, 7) is 0.0283. The average molecular weight is 307 g/mol. The summed E-state index contributed by atoms with van der Waals surface area (Å²) in [4.78, 5) is 10.8. The van der Waals surface area contributed by atoms with Gasteiger partial charge in [0, 0.05) is 5.56 Å². The van der Waals surface area contributed by atoms with Crippen molar-refractivity contribution in [1.82, 2.24) is 0 Å². The van der Waals surface area contributed by atoms with Crippen molar-refractivity contribution in [3.63, 3.8) is 0 Å². The van der Waals surface area contributed by atoms with Gasteiger partial charge in [-0.15, -0.1) is 0 Å². The second-order valence-corrected chi connectivity index (χ2v) is 4.80. The molecule has 4 nitrogen and oxygen atoms in total. The van der Waals surface area contributed by atoms with E-state index in [4.69, 9.17) is 21.1 Å². The third kappa shape index (κ3) is 3.74. The van der Waals surface area contributed by atoms with Crippen LogP contribution in [-0.4, -0.2) is 25.1 Å². The molecule has 1 unspecified atom stereocenters. The predicted octanol–water partition coefficient (Wildman–Crippen LogP) is 3.27. The molecule has 5 heteroatoms. The Balaban J connectivity index is 2.14. The number of methoxy groups -OCH3 is 1. The molecule has 1 N–H and O–H groups in total. The van der Waals surface area contributed by atoms with Gasteiger partial charge in [-0.1, -0.05) is 41.9 Å². The quantitative estimate of drug-likeness (QED) is 0.832. The Kier molecular flexibility index (Phi) is 5.20. The van der Waals surface area contributed by atoms with Gasteiger partial charge in [-0.25, -0.2) is 0 Å². The number of aliphatic hydroxyl groups excluding tert-OH is 1. The van der Waals surface area contributed by atoms with Crippen molar-refractivity contribution < 1.29 is 19.4 Å². The van der Waals surface area contributed by atoms with E-state index in [1.807, 2.05) is 30.3 Å². The fourth-order valence-corrected chi connectivity index (χ4v) is 2.16. The molecule has 1 atom stereocenters. The van der Waals surface area contributed by atoms with Gasteiger partial charge in [0.05, 0.1) is 12.1 Å². The smallest absolute Gasteiger partial charge is 0.179 e. The lowest BCUT2D eigenvalue weighted by Crippen LogP contribution is -2.10. The summed E-state index contributed by atoms with van der Waals surface area (Å²) in [5, 5.41) is 10.3. The van der Waals surface area contributed by atoms with Gasteiger partial charge in [0.2, 0.25) is 0 Å². The standard InChI is InChI=1S/C16H15ClO4/c1-20-15-8-11(9-18)7-13(17)16(15)21-10-14(19)12-5-3-2-4-6-12/h2-9,14,19H,10H2,1H3. The van der Waals surface area contributed by atoms with Gasteiger partial charge >= 0.3 is 0 Å². The molecule has 0 spiro atoms. The Bertz CT molecular complexity index is 613. The highest BCUT2D eigenvalue weighted by Gasteiger charge is 2.15. The number of hydrogen-bond acceptors (Lipinski definition) is 4. The van der Waals surface area contributed by atoms with Crippen molar-refractivity contribution in [1.29, 1.82) is 0 Å². The third-order valence-corrected chi connectivity index (χ3v) is 3.24. The number of carbonyl (C=O) groups excluding carboxylic acids is 1. The van der Waals surface area contributed by atoms with Gasteiger partial charge in [0.15, 0.2) is 11.5 Å². The second-order valence-electron chi connectivity index (χ2n) is 4.39.